The highest BCUT2D eigenvalue weighted by Gasteiger charge is 2.00. The zero-order valence-corrected chi connectivity index (χ0v) is 12.0. The van der Waals surface area contributed by atoms with Crippen molar-refractivity contribution in [1.29, 1.82) is 0 Å². The summed E-state index contributed by atoms with van der Waals surface area (Å²) in [5.41, 5.74) is 4.99. The van der Waals surface area contributed by atoms with Gasteiger partial charge in [0.1, 0.15) is 0 Å². The fourth-order valence-corrected chi connectivity index (χ4v) is 2.28. The maximum Gasteiger partial charge on any atom is 0.0645 e. The number of para-hydroxylation sites is 1. The Hall–Kier alpha value is -1.65. The van der Waals surface area contributed by atoms with Gasteiger partial charge in [-0.1, -0.05) is 37.5 Å². The van der Waals surface area contributed by atoms with Crippen LogP contribution in [0.1, 0.15) is 37.8 Å². The van der Waals surface area contributed by atoms with Crippen molar-refractivity contribution in [2.45, 2.75) is 38.5 Å². The third-order valence-electron chi connectivity index (χ3n) is 3.42. The predicted molar refractivity (Wildman–Crippen MR) is 82.5 cm³/mol. The second-order valence-electron chi connectivity index (χ2n) is 5.06. The average molecular weight is 272 g/mol. The van der Waals surface area contributed by atoms with Crippen molar-refractivity contribution in [2.24, 2.45) is 5.84 Å². The molecule has 0 unspecified atom stereocenters. The van der Waals surface area contributed by atoms with Crippen molar-refractivity contribution in [3.8, 4) is 5.69 Å². The van der Waals surface area contributed by atoms with Crippen LogP contribution in [0.3, 0.4) is 0 Å². The molecule has 108 valence electrons. The number of nitrogens with two attached hydrogens (primary N) is 1. The van der Waals surface area contributed by atoms with E-state index >= 15 is 0 Å². The minimum Gasteiger partial charge on any atom is -0.271 e. The van der Waals surface area contributed by atoms with E-state index in [1.165, 1.54) is 37.8 Å². The third kappa shape index (κ3) is 4.79. The summed E-state index contributed by atoms with van der Waals surface area (Å²) in [5, 5.41) is 4.62. The van der Waals surface area contributed by atoms with Gasteiger partial charge in [-0.15, -0.1) is 0 Å². The number of rotatable bonds is 9. The lowest BCUT2D eigenvalue weighted by molar-refractivity contribution is 0.582. The molecule has 1 heterocycles. The van der Waals surface area contributed by atoms with E-state index in [2.05, 4.69) is 28.7 Å². The van der Waals surface area contributed by atoms with Crippen LogP contribution in [0.25, 0.3) is 5.69 Å². The van der Waals surface area contributed by atoms with Crippen molar-refractivity contribution in [3.63, 3.8) is 0 Å². The van der Waals surface area contributed by atoms with Crippen LogP contribution in [-0.2, 0) is 6.42 Å². The lowest BCUT2D eigenvalue weighted by Crippen LogP contribution is -2.22. The SMILES string of the molecule is NNCCCCCCCc1ccn(-c2ccccc2)n1. The maximum absolute atomic E-state index is 5.24. The molecular weight excluding hydrogens is 248 g/mol. The first kappa shape index (κ1) is 14.8. The maximum atomic E-state index is 5.24. The first-order valence-electron chi connectivity index (χ1n) is 7.43. The van der Waals surface area contributed by atoms with Crippen molar-refractivity contribution in [2.75, 3.05) is 6.54 Å². The molecule has 2 aromatic rings. The van der Waals surface area contributed by atoms with Crippen molar-refractivity contribution < 1.29 is 0 Å². The Morgan fingerprint density at radius 2 is 1.70 bits per heavy atom. The molecule has 0 fully saturated rings. The molecule has 4 heteroatoms. The van der Waals surface area contributed by atoms with Crippen molar-refractivity contribution in [3.05, 3.63) is 48.3 Å². The van der Waals surface area contributed by atoms with Gasteiger partial charge >= 0.3 is 0 Å². The lowest BCUT2D eigenvalue weighted by Gasteiger charge is -2.01. The Morgan fingerprint density at radius 3 is 2.50 bits per heavy atom. The molecule has 0 aliphatic heterocycles. The molecule has 20 heavy (non-hydrogen) atoms. The lowest BCUT2D eigenvalue weighted by atomic mass is 10.1. The molecule has 1 aromatic heterocycles. The van der Waals surface area contributed by atoms with E-state index < -0.39 is 0 Å². The molecule has 0 radical (unpaired) electrons. The van der Waals surface area contributed by atoms with Gasteiger partial charge in [0.2, 0.25) is 0 Å². The van der Waals surface area contributed by atoms with Crippen LogP contribution >= 0.6 is 0 Å². The molecule has 3 N–H and O–H groups in total. The normalized spacial score (nSPS) is 10.8. The van der Waals surface area contributed by atoms with Gasteiger partial charge in [0.15, 0.2) is 0 Å². The molecule has 1 aromatic carbocycles. The standard InChI is InChI=1S/C16H24N4/c17-18-13-8-3-1-2-5-9-15-12-14-20(19-15)16-10-6-4-7-11-16/h4,6-7,10-12,14,18H,1-3,5,8-9,13,17H2. The average Bonchev–Trinajstić information content (AvgIpc) is 2.96. The Morgan fingerprint density at radius 1 is 0.950 bits per heavy atom. The number of nitrogens with one attached hydrogen (secondary N) is 1. The zero-order valence-electron chi connectivity index (χ0n) is 12.0. The predicted octanol–water partition coefficient (Wildman–Crippen LogP) is 2.83. The number of hydrazine groups is 1. The van der Waals surface area contributed by atoms with E-state index in [1.807, 2.05) is 29.1 Å². The minimum atomic E-state index is 0.918. The Labute approximate surface area is 121 Å². The zero-order chi connectivity index (χ0) is 14.0. The Bertz CT molecular complexity index is 478. The fourth-order valence-electron chi connectivity index (χ4n) is 2.28. The van der Waals surface area contributed by atoms with Crippen LogP contribution < -0.4 is 11.3 Å². The molecule has 0 saturated carbocycles. The number of nitrogens with zero attached hydrogens (tertiary/aromatic N) is 2. The van der Waals surface area contributed by atoms with Gasteiger partial charge in [-0.05, 0) is 37.5 Å². The monoisotopic (exact) mass is 272 g/mol. The first-order chi connectivity index (χ1) is 9.90. The molecule has 0 aliphatic carbocycles. The van der Waals surface area contributed by atoms with Crippen LogP contribution in [0, 0.1) is 0 Å². The highest BCUT2D eigenvalue weighted by Crippen LogP contribution is 2.10. The third-order valence-corrected chi connectivity index (χ3v) is 3.42. The first-order valence-corrected chi connectivity index (χ1v) is 7.43. The van der Waals surface area contributed by atoms with E-state index in [0.29, 0.717) is 0 Å². The molecule has 0 aliphatic rings. The summed E-state index contributed by atoms with van der Waals surface area (Å²) in [7, 11) is 0. The topological polar surface area (TPSA) is 55.9 Å². The molecule has 0 amide bonds. The van der Waals surface area contributed by atoms with Gasteiger partial charge in [-0.25, -0.2) is 4.68 Å². The summed E-state index contributed by atoms with van der Waals surface area (Å²) < 4.78 is 1.95. The number of benzene rings is 1. The summed E-state index contributed by atoms with van der Waals surface area (Å²) in [6.45, 7) is 0.918. The molecule has 0 spiro atoms. The van der Waals surface area contributed by atoms with E-state index in [9.17, 15) is 0 Å². The van der Waals surface area contributed by atoms with Gasteiger partial charge in [-0.2, -0.15) is 5.10 Å². The van der Waals surface area contributed by atoms with Gasteiger partial charge in [0, 0.05) is 12.7 Å². The highest BCUT2D eigenvalue weighted by atomic mass is 15.3. The quantitative estimate of drug-likeness (QED) is 0.419. The van der Waals surface area contributed by atoms with Crippen molar-refractivity contribution >= 4 is 0 Å². The second kappa shape index (κ2) is 8.51. The van der Waals surface area contributed by atoms with Gasteiger partial charge in [0.25, 0.3) is 0 Å². The van der Waals surface area contributed by atoms with Crippen LogP contribution in [0.4, 0.5) is 0 Å². The van der Waals surface area contributed by atoms with E-state index in [4.69, 9.17) is 5.84 Å². The van der Waals surface area contributed by atoms with Crippen LogP contribution in [0.5, 0.6) is 0 Å². The number of unbranched alkanes of at least 4 members (excludes halogenated alkanes) is 4. The molecular formula is C16H24N4. The van der Waals surface area contributed by atoms with E-state index in [1.54, 1.807) is 0 Å². The molecule has 0 bridgehead atoms. The Kier molecular flexibility index (Phi) is 6.27. The summed E-state index contributed by atoms with van der Waals surface area (Å²) in [6.07, 6.45) is 9.28. The largest absolute Gasteiger partial charge is 0.271 e. The Balaban J connectivity index is 1.69. The summed E-state index contributed by atoms with van der Waals surface area (Å²) in [5.74, 6) is 5.24. The minimum absolute atomic E-state index is 0.918. The summed E-state index contributed by atoms with van der Waals surface area (Å²) in [6, 6.07) is 12.4. The molecule has 2 rings (SSSR count). The van der Waals surface area contributed by atoms with Gasteiger partial charge in [-0.3, -0.25) is 11.3 Å². The number of aryl methyl sites for hydroxylation is 1. The summed E-state index contributed by atoms with van der Waals surface area (Å²) in [4.78, 5) is 0. The van der Waals surface area contributed by atoms with E-state index in [0.717, 1.165) is 18.7 Å². The molecule has 0 atom stereocenters. The number of aromatic nitrogens is 2. The highest BCUT2D eigenvalue weighted by molar-refractivity contribution is 5.30. The van der Waals surface area contributed by atoms with Crippen LogP contribution in [0.15, 0.2) is 42.6 Å². The second-order valence-corrected chi connectivity index (χ2v) is 5.06. The van der Waals surface area contributed by atoms with Crippen molar-refractivity contribution in [1.82, 2.24) is 15.2 Å². The summed E-state index contributed by atoms with van der Waals surface area (Å²) >= 11 is 0. The van der Waals surface area contributed by atoms with Crippen LogP contribution in [0.2, 0.25) is 0 Å². The van der Waals surface area contributed by atoms with Gasteiger partial charge < -0.3 is 0 Å². The van der Waals surface area contributed by atoms with E-state index in [-0.39, 0.29) is 0 Å². The number of hydrogen-bond acceptors (Lipinski definition) is 3. The molecule has 4 nitrogen and oxygen atoms in total. The van der Waals surface area contributed by atoms with Crippen LogP contribution in [-0.4, -0.2) is 16.3 Å². The number of hydrogen-bond donors (Lipinski definition) is 2. The fraction of sp³-hybridized carbons (Fsp3) is 0.438. The smallest absolute Gasteiger partial charge is 0.0645 e. The van der Waals surface area contributed by atoms with Gasteiger partial charge in [0.05, 0.1) is 11.4 Å². The molecule has 0 saturated heterocycles.